The molecule has 0 fully saturated rings. The number of aromatic nitrogens is 2. The summed E-state index contributed by atoms with van der Waals surface area (Å²) in [6.07, 6.45) is 1.26. The van der Waals surface area contributed by atoms with Crippen molar-refractivity contribution in [3.63, 3.8) is 0 Å². The summed E-state index contributed by atoms with van der Waals surface area (Å²) < 4.78 is 0. The second-order valence-corrected chi connectivity index (χ2v) is 5.23. The Morgan fingerprint density at radius 3 is 2.40 bits per heavy atom. The Bertz CT molecular complexity index is 520. The number of aromatic amines is 1. The average molecular weight is 303 g/mol. The van der Waals surface area contributed by atoms with Crippen LogP contribution in [0.25, 0.3) is 0 Å². The summed E-state index contributed by atoms with van der Waals surface area (Å²) in [7, 11) is 0. The highest BCUT2D eigenvalue weighted by Gasteiger charge is 2.20. The predicted molar refractivity (Wildman–Crippen MR) is 81.5 cm³/mol. The molecule has 0 radical (unpaired) electrons. The number of nitrogens with one attached hydrogen (secondary N) is 2. The van der Waals surface area contributed by atoms with Crippen LogP contribution in [-0.2, 0) is 12.8 Å². The van der Waals surface area contributed by atoms with Gasteiger partial charge in [0.25, 0.3) is 11.5 Å². The van der Waals surface area contributed by atoms with E-state index in [1.54, 1.807) is 0 Å². The van der Waals surface area contributed by atoms with Crippen LogP contribution in [0.5, 0.6) is 0 Å². The molecule has 0 atom stereocenters. The summed E-state index contributed by atoms with van der Waals surface area (Å²) in [5.74, 6) is -0.395. The topological polar surface area (TPSA) is 101 Å². The Hall–Kier alpha value is -1.40. The molecule has 0 saturated heterocycles. The number of rotatable bonds is 5. The molecule has 6 nitrogen and oxygen atoms in total. The van der Waals surface area contributed by atoms with E-state index in [4.69, 9.17) is 5.73 Å². The van der Waals surface area contributed by atoms with Crippen LogP contribution in [0.15, 0.2) is 4.79 Å². The zero-order valence-corrected chi connectivity index (χ0v) is 13.2. The van der Waals surface area contributed by atoms with Gasteiger partial charge in [-0.15, -0.1) is 12.4 Å². The van der Waals surface area contributed by atoms with E-state index >= 15 is 0 Å². The lowest BCUT2D eigenvalue weighted by Gasteiger charge is -2.19. The van der Waals surface area contributed by atoms with Crippen LogP contribution in [0, 0.1) is 0 Å². The standard InChI is InChI=1S/C13H22N4O2.ClH/c1-5-8-9(6-2)16-17-12(19)10(8)11(18)15-7-13(3,4)14;/h5-7,14H2,1-4H3,(H,15,18)(H,17,19);1H. The maximum absolute atomic E-state index is 12.1. The molecule has 0 spiro atoms. The molecule has 1 aromatic rings. The van der Waals surface area contributed by atoms with Gasteiger partial charge >= 0.3 is 0 Å². The number of H-pyrrole nitrogens is 1. The van der Waals surface area contributed by atoms with Crippen molar-refractivity contribution in [2.24, 2.45) is 5.73 Å². The minimum absolute atomic E-state index is 0. The zero-order valence-electron chi connectivity index (χ0n) is 12.4. The third-order valence-corrected chi connectivity index (χ3v) is 2.79. The molecule has 114 valence electrons. The van der Waals surface area contributed by atoms with E-state index in [0.29, 0.717) is 24.9 Å². The van der Waals surface area contributed by atoms with Crippen molar-refractivity contribution in [2.75, 3.05) is 6.54 Å². The first-order chi connectivity index (χ1) is 8.80. The summed E-state index contributed by atoms with van der Waals surface area (Å²) in [6.45, 7) is 7.76. The number of carbonyl (C=O) groups is 1. The monoisotopic (exact) mass is 302 g/mol. The Morgan fingerprint density at radius 2 is 1.95 bits per heavy atom. The maximum atomic E-state index is 12.1. The van der Waals surface area contributed by atoms with Gasteiger partial charge < -0.3 is 11.1 Å². The van der Waals surface area contributed by atoms with Crippen LogP contribution in [-0.4, -0.2) is 28.2 Å². The highest BCUT2D eigenvalue weighted by atomic mass is 35.5. The summed E-state index contributed by atoms with van der Waals surface area (Å²) in [5, 5.41) is 9.05. The zero-order chi connectivity index (χ0) is 14.6. The van der Waals surface area contributed by atoms with Gasteiger partial charge in [-0.05, 0) is 32.3 Å². The molecule has 1 rings (SSSR count). The molecule has 0 aliphatic carbocycles. The Labute approximate surface area is 124 Å². The predicted octanol–water partition coefficient (Wildman–Crippen LogP) is 0.784. The number of hydrogen-bond donors (Lipinski definition) is 3. The SMILES string of the molecule is CCc1n[nH]c(=O)c(C(=O)NCC(C)(C)N)c1CC.Cl. The average Bonchev–Trinajstić information content (AvgIpc) is 2.34. The van der Waals surface area contributed by atoms with Crippen molar-refractivity contribution in [1.82, 2.24) is 15.5 Å². The maximum Gasteiger partial charge on any atom is 0.277 e. The summed E-state index contributed by atoms with van der Waals surface area (Å²) in [6, 6.07) is 0. The third-order valence-electron chi connectivity index (χ3n) is 2.79. The molecule has 1 amide bonds. The number of carbonyl (C=O) groups excluding carboxylic acids is 1. The third kappa shape index (κ3) is 4.61. The van der Waals surface area contributed by atoms with E-state index in [1.165, 1.54) is 0 Å². The van der Waals surface area contributed by atoms with Crippen molar-refractivity contribution in [3.05, 3.63) is 27.2 Å². The van der Waals surface area contributed by atoms with Crippen molar-refractivity contribution >= 4 is 18.3 Å². The van der Waals surface area contributed by atoms with E-state index in [1.807, 2.05) is 27.7 Å². The number of nitrogens with two attached hydrogens (primary N) is 1. The first-order valence-electron chi connectivity index (χ1n) is 6.47. The van der Waals surface area contributed by atoms with Crippen LogP contribution in [0.2, 0.25) is 0 Å². The van der Waals surface area contributed by atoms with Gasteiger partial charge in [0.15, 0.2) is 0 Å². The fourth-order valence-electron chi connectivity index (χ4n) is 1.83. The molecule has 20 heavy (non-hydrogen) atoms. The Kier molecular flexibility index (Phi) is 6.88. The normalized spacial score (nSPS) is 10.8. The van der Waals surface area contributed by atoms with Crippen molar-refractivity contribution < 1.29 is 4.79 Å². The number of aryl methyl sites for hydroxylation is 1. The molecule has 1 heterocycles. The van der Waals surface area contributed by atoms with E-state index < -0.39 is 17.0 Å². The smallest absolute Gasteiger partial charge is 0.277 e. The van der Waals surface area contributed by atoms with Crippen LogP contribution < -0.4 is 16.6 Å². The minimum atomic E-state index is -0.518. The van der Waals surface area contributed by atoms with Crippen molar-refractivity contribution in [3.8, 4) is 0 Å². The van der Waals surface area contributed by atoms with Crippen molar-refractivity contribution in [1.29, 1.82) is 0 Å². The molecular formula is C13H23ClN4O2. The lowest BCUT2D eigenvalue weighted by atomic mass is 10.0. The van der Waals surface area contributed by atoms with E-state index in [0.717, 1.165) is 5.69 Å². The molecule has 4 N–H and O–H groups in total. The van der Waals surface area contributed by atoms with E-state index in [9.17, 15) is 9.59 Å². The quantitative estimate of drug-likeness (QED) is 0.748. The van der Waals surface area contributed by atoms with Gasteiger partial charge in [-0.3, -0.25) is 9.59 Å². The van der Waals surface area contributed by atoms with Gasteiger partial charge in [0, 0.05) is 12.1 Å². The lowest BCUT2D eigenvalue weighted by molar-refractivity contribution is 0.0943. The second-order valence-electron chi connectivity index (χ2n) is 5.23. The van der Waals surface area contributed by atoms with Crippen molar-refractivity contribution in [2.45, 2.75) is 46.1 Å². The molecule has 0 saturated carbocycles. The van der Waals surface area contributed by atoms with Gasteiger partial charge in [0.2, 0.25) is 0 Å². The molecule has 0 bridgehead atoms. The van der Waals surface area contributed by atoms with Gasteiger partial charge in [-0.2, -0.15) is 5.10 Å². The minimum Gasteiger partial charge on any atom is -0.350 e. The number of hydrogen-bond acceptors (Lipinski definition) is 4. The summed E-state index contributed by atoms with van der Waals surface area (Å²) in [5.41, 5.74) is 6.45. The lowest BCUT2D eigenvalue weighted by Crippen LogP contribution is -2.46. The summed E-state index contributed by atoms with van der Waals surface area (Å²) in [4.78, 5) is 24.0. The highest BCUT2D eigenvalue weighted by molar-refractivity contribution is 5.95. The van der Waals surface area contributed by atoms with Gasteiger partial charge in [0.1, 0.15) is 5.56 Å². The molecular weight excluding hydrogens is 280 g/mol. The van der Waals surface area contributed by atoms with E-state index in [2.05, 4.69) is 15.5 Å². The fraction of sp³-hybridized carbons (Fsp3) is 0.615. The summed E-state index contributed by atoms with van der Waals surface area (Å²) >= 11 is 0. The van der Waals surface area contributed by atoms with Gasteiger partial charge in [0.05, 0.1) is 5.69 Å². The first-order valence-corrected chi connectivity index (χ1v) is 6.47. The Balaban J connectivity index is 0.00000361. The number of halogens is 1. The Morgan fingerprint density at radius 1 is 1.35 bits per heavy atom. The second kappa shape index (κ2) is 7.40. The van der Waals surface area contributed by atoms with Crippen LogP contribution in [0.4, 0.5) is 0 Å². The highest BCUT2D eigenvalue weighted by Crippen LogP contribution is 2.10. The molecule has 1 aromatic heterocycles. The largest absolute Gasteiger partial charge is 0.350 e. The molecule has 7 heteroatoms. The fourth-order valence-corrected chi connectivity index (χ4v) is 1.83. The van der Waals surface area contributed by atoms with Crippen LogP contribution in [0.3, 0.4) is 0 Å². The first kappa shape index (κ1) is 18.6. The van der Waals surface area contributed by atoms with Gasteiger partial charge in [-0.1, -0.05) is 13.8 Å². The molecule has 0 unspecified atom stereocenters. The molecule has 0 aromatic carbocycles. The van der Waals surface area contributed by atoms with Crippen LogP contribution >= 0.6 is 12.4 Å². The van der Waals surface area contributed by atoms with Gasteiger partial charge in [-0.25, -0.2) is 5.10 Å². The van der Waals surface area contributed by atoms with E-state index in [-0.39, 0.29) is 18.0 Å². The number of amides is 1. The molecule has 0 aliphatic heterocycles. The molecule has 0 aliphatic rings. The number of nitrogens with zero attached hydrogens (tertiary/aromatic N) is 1. The van der Waals surface area contributed by atoms with Crippen LogP contribution in [0.1, 0.15) is 49.3 Å².